The fourth-order valence-electron chi connectivity index (χ4n) is 2.01. The normalized spacial score (nSPS) is 10.1. The topological polar surface area (TPSA) is 64.6 Å². The zero-order valence-electron chi connectivity index (χ0n) is 14.1. The van der Waals surface area contributed by atoms with Crippen LogP contribution < -0.4 is 10.1 Å². The molecule has 0 bridgehead atoms. The summed E-state index contributed by atoms with van der Waals surface area (Å²) in [6.45, 7) is 1.91. The summed E-state index contributed by atoms with van der Waals surface area (Å²) in [5.74, 6) is 0.722. The molecular weight excluding hydrogens is 338 g/mol. The smallest absolute Gasteiger partial charge is 0.344 e. The Hall–Kier alpha value is -2.47. The standard InChI is InChI=1S/C19H21NO4S/c1-2-23-19(22)14-24-16-8-6-7-15(13-16)20-18(21)11-12-25-17-9-4-3-5-10-17/h3-10,13H,2,11-12,14H2,1H3,(H,20,21). The molecule has 0 aromatic heterocycles. The molecule has 0 aliphatic rings. The molecule has 0 heterocycles. The van der Waals surface area contributed by atoms with Crippen LogP contribution in [0.25, 0.3) is 0 Å². The van der Waals surface area contributed by atoms with E-state index < -0.39 is 5.97 Å². The van der Waals surface area contributed by atoms with E-state index in [9.17, 15) is 9.59 Å². The molecule has 5 nitrogen and oxygen atoms in total. The van der Waals surface area contributed by atoms with Gasteiger partial charge in [-0.15, -0.1) is 11.8 Å². The van der Waals surface area contributed by atoms with Gasteiger partial charge in [-0.25, -0.2) is 4.79 Å². The Bertz CT molecular complexity index is 691. The van der Waals surface area contributed by atoms with Gasteiger partial charge in [0.2, 0.25) is 5.91 Å². The van der Waals surface area contributed by atoms with Crippen molar-refractivity contribution in [3.8, 4) is 5.75 Å². The molecule has 0 radical (unpaired) electrons. The van der Waals surface area contributed by atoms with Gasteiger partial charge in [-0.1, -0.05) is 24.3 Å². The minimum atomic E-state index is -0.421. The minimum absolute atomic E-state index is 0.0639. The van der Waals surface area contributed by atoms with E-state index >= 15 is 0 Å². The average molecular weight is 359 g/mol. The maximum Gasteiger partial charge on any atom is 0.344 e. The summed E-state index contributed by atoms with van der Waals surface area (Å²) in [6.07, 6.45) is 0.410. The number of amides is 1. The Morgan fingerprint density at radius 1 is 1.08 bits per heavy atom. The molecule has 0 fully saturated rings. The predicted molar refractivity (Wildman–Crippen MR) is 99.0 cm³/mol. The summed E-state index contributed by atoms with van der Waals surface area (Å²) in [5.41, 5.74) is 0.635. The van der Waals surface area contributed by atoms with Crippen LogP contribution in [0.4, 0.5) is 5.69 Å². The molecule has 0 saturated heterocycles. The number of rotatable bonds is 9. The van der Waals surface area contributed by atoms with E-state index in [0.29, 0.717) is 30.2 Å². The maximum atomic E-state index is 12.0. The molecule has 2 aromatic rings. The van der Waals surface area contributed by atoms with Crippen molar-refractivity contribution in [1.82, 2.24) is 0 Å². The van der Waals surface area contributed by atoms with Gasteiger partial charge < -0.3 is 14.8 Å². The van der Waals surface area contributed by atoms with E-state index in [1.165, 1.54) is 0 Å². The molecule has 0 atom stereocenters. The first-order valence-corrected chi connectivity index (χ1v) is 9.02. The van der Waals surface area contributed by atoms with Gasteiger partial charge in [0.25, 0.3) is 0 Å². The van der Waals surface area contributed by atoms with Gasteiger partial charge in [0.15, 0.2) is 6.61 Å². The molecule has 1 N–H and O–H groups in total. The Morgan fingerprint density at radius 2 is 1.88 bits per heavy atom. The molecule has 2 aromatic carbocycles. The highest BCUT2D eigenvalue weighted by molar-refractivity contribution is 7.99. The SMILES string of the molecule is CCOC(=O)COc1cccc(NC(=O)CCSc2ccccc2)c1. The molecule has 6 heteroatoms. The van der Waals surface area contributed by atoms with Crippen molar-refractivity contribution in [2.45, 2.75) is 18.2 Å². The second kappa shape index (κ2) is 10.4. The van der Waals surface area contributed by atoms with Gasteiger partial charge in [-0.05, 0) is 31.2 Å². The lowest BCUT2D eigenvalue weighted by Crippen LogP contribution is -2.15. The zero-order chi connectivity index (χ0) is 17.9. The minimum Gasteiger partial charge on any atom is -0.482 e. The van der Waals surface area contributed by atoms with Crippen LogP contribution in [-0.2, 0) is 14.3 Å². The van der Waals surface area contributed by atoms with Crippen molar-refractivity contribution in [3.63, 3.8) is 0 Å². The second-order valence-corrected chi connectivity index (χ2v) is 6.25. The number of hydrogen-bond donors (Lipinski definition) is 1. The molecule has 0 aliphatic heterocycles. The van der Waals surface area contributed by atoms with Crippen molar-refractivity contribution >= 4 is 29.3 Å². The monoisotopic (exact) mass is 359 g/mol. The van der Waals surface area contributed by atoms with Crippen LogP contribution in [0.3, 0.4) is 0 Å². The summed E-state index contributed by atoms with van der Waals surface area (Å²) in [5, 5.41) is 2.83. The summed E-state index contributed by atoms with van der Waals surface area (Å²) in [4.78, 5) is 24.5. The van der Waals surface area contributed by atoms with Crippen LogP contribution in [0.1, 0.15) is 13.3 Å². The number of thioether (sulfide) groups is 1. The van der Waals surface area contributed by atoms with Crippen LogP contribution in [0.2, 0.25) is 0 Å². The molecule has 0 saturated carbocycles. The number of carbonyl (C=O) groups is 2. The molecule has 0 spiro atoms. The highest BCUT2D eigenvalue weighted by Gasteiger charge is 2.06. The van der Waals surface area contributed by atoms with Gasteiger partial charge in [-0.2, -0.15) is 0 Å². The fourth-order valence-corrected chi connectivity index (χ4v) is 2.88. The summed E-state index contributed by atoms with van der Waals surface area (Å²) in [7, 11) is 0. The molecular formula is C19H21NO4S. The lowest BCUT2D eigenvalue weighted by molar-refractivity contribution is -0.145. The van der Waals surface area contributed by atoms with Crippen molar-refractivity contribution in [3.05, 3.63) is 54.6 Å². The predicted octanol–water partition coefficient (Wildman–Crippen LogP) is 3.75. The number of anilines is 1. The molecule has 2 rings (SSSR count). The Labute approximate surface area is 151 Å². The van der Waals surface area contributed by atoms with Crippen molar-refractivity contribution in [2.75, 3.05) is 24.3 Å². The maximum absolute atomic E-state index is 12.0. The summed E-state index contributed by atoms with van der Waals surface area (Å²) in [6, 6.07) is 16.9. The van der Waals surface area contributed by atoms with Crippen molar-refractivity contribution < 1.29 is 19.1 Å². The average Bonchev–Trinajstić information content (AvgIpc) is 2.61. The number of carbonyl (C=O) groups excluding carboxylic acids is 2. The second-order valence-electron chi connectivity index (χ2n) is 5.08. The Balaban J connectivity index is 1.76. The molecule has 25 heavy (non-hydrogen) atoms. The zero-order valence-corrected chi connectivity index (χ0v) is 14.9. The third kappa shape index (κ3) is 7.30. The first kappa shape index (κ1) is 18.9. The number of hydrogen-bond acceptors (Lipinski definition) is 5. The number of esters is 1. The summed E-state index contributed by atoms with van der Waals surface area (Å²) >= 11 is 1.64. The van der Waals surface area contributed by atoms with E-state index in [2.05, 4.69) is 5.32 Å². The van der Waals surface area contributed by atoms with Crippen molar-refractivity contribution in [2.24, 2.45) is 0 Å². The lowest BCUT2D eigenvalue weighted by atomic mass is 10.3. The molecule has 0 aliphatic carbocycles. The van der Waals surface area contributed by atoms with Crippen LogP contribution in [-0.4, -0.2) is 30.8 Å². The van der Waals surface area contributed by atoms with Gasteiger partial charge in [0, 0.05) is 28.8 Å². The quantitative estimate of drug-likeness (QED) is 0.546. The molecule has 132 valence electrons. The highest BCUT2D eigenvalue weighted by atomic mass is 32.2. The first-order chi connectivity index (χ1) is 12.2. The third-order valence-electron chi connectivity index (χ3n) is 3.12. The van der Waals surface area contributed by atoms with Crippen molar-refractivity contribution in [1.29, 1.82) is 0 Å². The van der Waals surface area contributed by atoms with Crippen LogP contribution in [0, 0.1) is 0 Å². The summed E-state index contributed by atoms with van der Waals surface area (Å²) < 4.78 is 10.2. The lowest BCUT2D eigenvalue weighted by Gasteiger charge is -2.09. The van der Waals surface area contributed by atoms with E-state index in [0.717, 1.165) is 4.90 Å². The van der Waals surface area contributed by atoms with Gasteiger partial charge in [0.1, 0.15) is 5.75 Å². The Morgan fingerprint density at radius 3 is 2.64 bits per heavy atom. The van der Waals surface area contributed by atoms with Crippen LogP contribution in [0.5, 0.6) is 5.75 Å². The molecule has 1 amide bonds. The first-order valence-electron chi connectivity index (χ1n) is 8.03. The number of ether oxygens (including phenoxy) is 2. The number of nitrogens with one attached hydrogen (secondary N) is 1. The third-order valence-corrected chi connectivity index (χ3v) is 4.13. The molecule has 0 unspecified atom stereocenters. The van der Waals surface area contributed by atoms with E-state index in [-0.39, 0.29) is 12.5 Å². The van der Waals surface area contributed by atoms with Gasteiger partial charge in [0.05, 0.1) is 6.61 Å². The van der Waals surface area contributed by atoms with E-state index in [1.54, 1.807) is 43.0 Å². The van der Waals surface area contributed by atoms with Gasteiger partial charge in [-0.3, -0.25) is 4.79 Å². The Kier molecular flexibility index (Phi) is 7.85. The van der Waals surface area contributed by atoms with Crippen LogP contribution in [0.15, 0.2) is 59.5 Å². The highest BCUT2D eigenvalue weighted by Crippen LogP contribution is 2.20. The van der Waals surface area contributed by atoms with E-state index in [1.807, 2.05) is 30.3 Å². The van der Waals surface area contributed by atoms with Gasteiger partial charge >= 0.3 is 5.97 Å². The largest absolute Gasteiger partial charge is 0.482 e. The number of benzene rings is 2. The van der Waals surface area contributed by atoms with Crippen LogP contribution >= 0.6 is 11.8 Å². The fraction of sp³-hybridized carbons (Fsp3) is 0.263. The van der Waals surface area contributed by atoms with E-state index in [4.69, 9.17) is 9.47 Å².